The molecule has 0 atom stereocenters. The molecule has 0 saturated heterocycles. The molecule has 3 aromatic carbocycles. The van der Waals surface area contributed by atoms with Crippen molar-refractivity contribution >= 4 is 22.5 Å². The number of methoxy groups -OCH3 is 2. The molecule has 0 unspecified atom stereocenters. The third-order valence-corrected chi connectivity index (χ3v) is 4.75. The summed E-state index contributed by atoms with van der Waals surface area (Å²) in [6.45, 7) is 0.614. The second-order valence-corrected chi connectivity index (χ2v) is 6.56. The van der Waals surface area contributed by atoms with Gasteiger partial charge in [0.1, 0.15) is 11.5 Å². The topological polar surface area (TPSA) is 65.4 Å². The molecule has 0 bridgehead atoms. The summed E-state index contributed by atoms with van der Waals surface area (Å²) >= 11 is 0. The van der Waals surface area contributed by atoms with Gasteiger partial charge in [-0.1, -0.05) is 42.5 Å². The Morgan fingerprint density at radius 3 is 2.66 bits per heavy atom. The van der Waals surface area contributed by atoms with Gasteiger partial charge in [-0.15, -0.1) is 0 Å². The summed E-state index contributed by atoms with van der Waals surface area (Å²) in [5.74, 6) is 1.25. The van der Waals surface area contributed by atoms with Crippen molar-refractivity contribution in [2.45, 2.75) is 6.54 Å². The van der Waals surface area contributed by atoms with Crippen molar-refractivity contribution < 1.29 is 14.3 Å². The number of fused-ring (bicyclic) bond motifs is 1. The maximum absolute atomic E-state index is 12.7. The van der Waals surface area contributed by atoms with E-state index in [1.165, 1.54) is 23.4 Å². The quantitative estimate of drug-likeness (QED) is 0.534. The summed E-state index contributed by atoms with van der Waals surface area (Å²) in [5, 5.41) is 9.69. The normalized spacial score (nSPS) is 10.7. The third kappa shape index (κ3) is 3.91. The number of hydrogen-bond donors (Lipinski definition) is 1. The summed E-state index contributed by atoms with van der Waals surface area (Å²) in [5.41, 5.74) is 1.58. The molecule has 0 aliphatic heterocycles. The molecule has 0 spiro atoms. The van der Waals surface area contributed by atoms with E-state index in [1.807, 2.05) is 29.1 Å². The number of benzene rings is 3. The molecule has 0 fully saturated rings. The number of amides is 1. The van der Waals surface area contributed by atoms with Crippen LogP contribution in [0.2, 0.25) is 0 Å². The van der Waals surface area contributed by atoms with E-state index in [0.717, 1.165) is 0 Å². The Bertz CT molecular complexity index is 1160. The first kappa shape index (κ1) is 18.6. The van der Waals surface area contributed by atoms with Crippen molar-refractivity contribution in [2.24, 2.45) is 0 Å². The van der Waals surface area contributed by atoms with Gasteiger partial charge in [-0.25, -0.2) is 0 Å². The zero-order chi connectivity index (χ0) is 20.2. The second-order valence-electron chi connectivity index (χ2n) is 6.56. The first-order valence-electron chi connectivity index (χ1n) is 9.21. The van der Waals surface area contributed by atoms with E-state index in [-0.39, 0.29) is 5.91 Å². The maximum Gasteiger partial charge on any atom is 0.260 e. The van der Waals surface area contributed by atoms with Crippen LogP contribution in [0.5, 0.6) is 11.5 Å². The molecule has 146 valence electrons. The Labute approximate surface area is 168 Å². The molecule has 6 nitrogen and oxygen atoms in total. The summed E-state index contributed by atoms with van der Waals surface area (Å²) in [7, 11) is 3.08. The lowest BCUT2D eigenvalue weighted by Crippen LogP contribution is -2.14. The number of hydrogen-bond acceptors (Lipinski definition) is 4. The highest BCUT2D eigenvalue weighted by Gasteiger charge is 2.15. The van der Waals surface area contributed by atoms with E-state index < -0.39 is 0 Å². The van der Waals surface area contributed by atoms with Crippen LogP contribution in [0.25, 0.3) is 10.8 Å². The Hall–Kier alpha value is -3.80. The van der Waals surface area contributed by atoms with Crippen molar-refractivity contribution in [3.8, 4) is 11.5 Å². The lowest BCUT2D eigenvalue weighted by molar-refractivity contribution is 0.102. The third-order valence-electron chi connectivity index (χ3n) is 4.75. The van der Waals surface area contributed by atoms with Gasteiger partial charge in [0.15, 0.2) is 5.82 Å². The van der Waals surface area contributed by atoms with Crippen LogP contribution in [0, 0.1) is 0 Å². The number of carbonyl (C=O) groups excluding carboxylic acids is 1. The second kappa shape index (κ2) is 8.06. The van der Waals surface area contributed by atoms with Crippen molar-refractivity contribution in [1.29, 1.82) is 0 Å². The molecule has 1 amide bonds. The smallest absolute Gasteiger partial charge is 0.260 e. The predicted octanol–water partition coefficient (Wildman–Crippen LogP) is 4.35. The molecule has 0 saturated carbocycles. The first-order chi connectivity index (χ1) is 14.2. The zero-order valence-corrected chi connectivity index (χ0v) is 16.3. The van der Waals surface area contributed by atoms with E-state index in [9.17, 15) is 4.79 Å². The van der Waals surface area contributed by atoms with Crippen molar-refractivity contribution in [3.05, 3.63) is 84.1 Å². The number of ether oxygens (including phenoxy) is 2. The van der Waals surface area contributed by atoms with Gasteiger partial charge in [-0.3, -0.25) is 9.48 Å². The van der Waals surface area contributed by atoms with Crippen molar-refractivity contribution in [1.82, 2.24) is 9.78 Å². The van der Waals surface area contributed by atoms with Crippen LogP contribution < -0.4 is 14.8 Å². The monoisotopic (exact) mass is 387 g/mol. The van der Waals surface area contributed by atoms with Gasteiger partial charge in [0.05, 0.1) is 26.3 Å². The van der Waals surface area contributed by atoms with Gasteiger partial charge in [0, 0.05) is 18.3 Å². The summed E-state index contributed by atoms with van der Waals surface area (Å²) in [6, 6.07) is 21.3. The summed E-state index contributed by atoms with van der Waals surface area (Å²) in [4.78, 5) is 12.7. The van der Waals surface area contributed by atoms with Gasteiger partial charge in [0.25, 0.3) is 5.91 Å². The maximum atomic E-state index is 12.7. The van der Waals surface area contributed by atoms with Crippen LogP contribution in [0.15, 0.2) is 72.9 Å². The summed E-state index contributed by atoms with van der Waals surface area (Å²) < 4.78 is 12.3. The Kier molecular flexibility index (Phi) is 5.16. The minimum absolute atomic E-state index is 0.292. The van der Waals surface area contributed by atoms with Gasteiger partial charge in [-0.05, 0) is 28.5 Å². The highest BCUT2D eigenvalue weighted by atomic mass is 16.5. The van der Waals surface area contributed by atoms with Crippen LogP contribution in [-0.2, 0) is 6.54 Å². The summed E-state index contributed by atoms with van der Waals surface area (Å²) in [6.07, 6.45) is 1.85. The average Bonchev–Trinajstić information content (AvgIpc) is 3.20. The van der Waals surface area contributed by atoms with Gasteiger partial charge < -0.3 is 14.8 Å². The predicted molar refractivity (Wildman–Crippen MR) is 113 cm³/mol. The fourth-order valence-corrected chi connectivity index (χ4v) is 3.29. The number of carbonyl (C=O) groups is 1. The average molecular weight is 387 g/mol. The zero-order valence-electron chi connectivity index (χ0n) is 16.3. The number of rotatable bonds is 6. The highest BCUT2D eigenvalue weighted by Crippen LogP contribution is 2.25. The molecular formula is C23H21N3O3. The molecule has 4 rings (SSSR count). The molecule has 4 aromatic rings. The standard InChI is InChI=1S/C23H21N3O3/c1-28-18-10-11-20(21(14-18)29-2)23(27)24-22-12-13-26(25-22)15-17-8-5-7-16-6-3-4-9-19(16)17/h3-14H,15H2,1-2H3,(H,24,25,27). The van der Waals surface area contributed by atoms with Crippen LogP contribution >= 0.6 is 0 Å². The fraction of sp³-hybridized carbons (Fsp3) is 0.130. The Morgan fingerprint density at radius 2 is 1.83 bits per heavy atom. The van der Waals surface area contributed by atoms with E-state index in [0.29, 0.717) is 29.4 Å². The largest absolute Gasteiger partial charge is 0.497 e. The molecule has 1 N–H and O–H groups in total. The lowest BCUT2D eigenvalue weighted by atomic mass is 10.0. The molecule has 0 radical (unpaired) electrons. The lowest BCUT2D eigenvalue weighted by Gasteiger charge is -2.10. The molecule has 1 heterocycles. The van der Waals surface area contributed by atoms with Crippen molar-refractivity contribution in [3.63, 3.8) is 0 Å². The van der Waals surface area contributed by atoms with Crippen LogP contribution in [0.4, 0.5) is 5.82 Å². The number of nitrogens with zero attached hydrogens (tertiary/aromatic N) is 2. The highest BCUT2D eigenvalue weighted by molar-refractivity contribution is 6.05. The van der Waals surface area contributed by atoms with Gasteiger partial charge in [-0.2, -0.15) is 5.10 Å². The molecule has 0 aliphatic rings. The van der Waals surface area contributed by atoms with Gasteiger partial charge >= 0.3 is 0 Å². The minimum Gasteiger partial charge on any atom is -0.497 e. The number of anilines is 1. The minimum atomic E-state index is -0.292. The van der Waals surface area contributed by atoms with Crippen molar-refractivity contribution in [2.75, 3.05) is 19.5 Å². The van der Waals surface area contributed by atoms with Crippen LogP contribution in [-0.4, -0.2) is 29.9 Å². The fourth-order valence-electron chi connectivity index (χ4n) is 3.29. The van der Waals surface area contributed by atoms with Gasteiger partial charge in [0.2, 0.25) is 0 Å². The molecule has 0 aliphatic carbocycles. The number of aromatic nitrogens is 2. The SMILES string of the molecule is COc1ccc(C(=O)Nc2ccn(Cc3cccc4ccccc34)n2)c(OC)c1. The molecule has 1 aromatic heterocycles. The Morgan fingerprint density at radius 1 is 1.00 bits per heavy atom. The molecular weight excluding hydrogens is 366 g/mol. The molecule has 29 heavy (non-hydrogen) atoms. The molecule has 6 heteroatoms. The van der Waals surface area contributed by atoms with Crippen LogP contribution in [0.3, 0.4) is 0 Å². The Balaban J connectivity index is 1.52. The first-order valence-corrected chi connectivity index (χ1v) is 9.21. The van der Waals surface area contributed by atoms with E-state index in [2.05, 4.69) is 34.7 Å². The van der Waals surface area contributed by atoms with E-state index >= 15 is 0 Å². The van der Waals surface area contributed by atoms with Crippen LogP contribution in [0.1, 0.15) is 15.9 Å². The van der Waals surface area contributed by atoms with E-state index in [1.54, 1.807) is 31.4 Å². The number of nitrogens with one attached hydrogen (secondary N) is 1. The van der Waals surface area contributed by atoms with E-state index in [4.69, 9.17) is 9.47 Å².